The fraction of sp³-hybridized carbons (Fsp3) is 0.412. The fourth-order valence-electron chi connectivity index (χ4n) is 3.04. The second kappa shape index (κ2) is 5.24. The summed E-state index contributed by atoms with van der Waals surface area (Å²) in [5.74, 6) is 1.40. The minimum absolute atomic E-state index is 0.0981. The topological polar surface area (TPSA) is 74.6 Å². The van der Waals surface area contributed by atoms with Gasteiger partial charge in [-0.1, -0.05) is 6.07 Å². The third-order valence-corrected chi connectivity index (χ3v) is 4.55. The van der Waals surface area contributed by atoms with Gasteiger partial charge in [0.15, 0.2) is 17.2 Å². The lowest BCUT2D eigenvalue weighted by Gasteiger charge is -2.24. The predicted octanol–water partition coefficient (Wildman–Crippen LogP) is 1.78. The molecule has 5 rings (SSSR count). The molecule has 1 aromatic heterocycles. The molecule has 3 aliphatic rings. The zero-order valence-corrected chi connectivity index (χ0v) is 13.0. The number of benzene rings is 1. The minimum atomic E-state index is -0.119. The van der Waals surface area contributed by atoms with Crippen LogP contribution in [0.1, 0.15) is 40.7 Å². The number of hydrogen-bond donors (Lipinski definition) is 1. The second-order valence-corrected chi connectivity index (χ2v) is 6.36. The Morgan fingerprint density at radius 2 is 2.08 bits per heavy atom. The molecule has 0 bridgehead atoms. The summed E-state index contributed by atoms with van der Waals surface area (Å²) in [7, 11) is 0. The first kappa shape index (κ1) is 13.9. The average molecular weight is 327 g/mol. The van der Waals surface area contributed by atoms with E-state index in [0.717, 1.165) is 35.6 Å². The Kier molecular flexibility index (Phi) is 3.02. The van der Waals surface area contributed by atoms with Crippen LogP contribution in [-0.2, 0) is 17.9 Å². The molecule has 1 amide bonds. The first-order valence-corrected chi connectivity index (χ1v) is 8.15. The lowest BCUT2D eigenvalue weighted by Crippen LogP contribution is -2.26. The molecule has 1 atom stereocenters. The quantitative estimate of drug-likeness (QED) is 0.930. The van der Waals surface area contributed by atoms with Crippen LogP contribution in [0.4, 0.5) is 0 Å². The summed E-state index contributed by atoms with van der Waals surface area (Å²) in [6.07, 6.45) is 2.01. The molecule has 1 unspecified atom stereocenters. The van der Waals surface area contributed by atoms with E-state index in [2.05, 4.69) is 10.4 Å². The van der Waals surface area contributed by atoms with E-state index in [9.17, 15) is 4.79 Å². The molecule has 24 heavy (non-hydrogen) atoms. The summed E-state index contributed by atoms with van der Waals surface area (Å²) in [5.41, 5.74) is 2.41. The highest BCUT2D eigenvalue weighted by molar-refractivity contribution is 5.92. The maximum absolute atomic E-state index is 12.1. The van der Waals surface area contributed by atoms with Gasteiger partial charge in [-0.2, -0.15) is 5.10 Å². The van der Waals surface area contributed by atoms with Crippen LogP contribution >= 0.6 is 0 Å². The lowest BCUT2D eigenvalue weighted by atomic mass is 10.1. The van der Waals surface area contributed by atoms with Gasteiger partial charge in [0.25, 0.3) is 5.91 Å². The van der Waals surface area contributed by atoms with Crippen molar-refractivity contribution in [3.63, 3.8) is 0 Å². The maximum Gasteiger partial charge on any atom is 0.272 e. The molecule has 0 spiro atoms. The van der Waals surface area contributed by atoms with E-state index in [1.165, 1.54) is 0 Å². The normalized spacial score (nSPS) is 21.4. The third kappa shape index (κ3) is 2.41. The Hall–Kier alpha value is -2.54. The molecule has 7 nitrogen and oxygen atoms in total. The van der Waals surface area contributed by atoms with Gasteiger partial charge in [-0.3, -0.25) is 9.48 Å². The van der Waals surface area contributed by atoms with Crippen LogP contribution in [0.5, 0.6) is 11.5 Å². The van der Waals surface area contributed by atoms with Crippen molar-refractivity contribution < 1.29 is 19.0 Å². The first-order valence-electron chi connectivity index (χ1n) is 8.15. The molecule has 7 heteroatoms. The minimum Gasteiger partial charge on any atom is -0.454 e. The molecule has 1 aliphatic carbocycles. The van der Waals surface area contributed by atoms with Crippen LogP contribution in [0.25, 0.3) is 0 Å². The molecule has 2 aliphatic heterocycles. The van der Waals surface area contributed by atoms with E-state index in [4.69, 9.17) is 14.2 Å². The standard InChI is InChI=1S/C17H17N3O4/c21-17(18-11-2-3-11)13-6-12-8-22-16(7-20(12)19-13)10-1-4-14-15(5-10)24-9-23-14/h1,4-6,11,16H,2-3,7-9H2,(H,18,21). The number of fused-ring (bicyclic) bond motifs is 2. The van der Waals surface area contributed by atoms with Crippen molar-refractivity contribution in [1.29, 1.82) is 0 Å². The van der Waals surface area contributed by atoms with E-state index in [1.807, 2.05) is 28.9 Å². The first-order chi connectivity index (χ1) is 11.8. The number of carbonyl (C=O) groups excluding carboxylic acids is 1. The molecule has 1 N–H and O–H groups in total. The van der Waals surface area contributed by atoms with Crippen molar-refractivity contribution in [2.75, 3.05) is 6.79 Å². The zero-order chi connectivity index (χ0) is 16.1. The molecule has 1 aromatic carbocycles. The van der Waals surface area contributed by atoms with Crippen LogP contribution in [0.3, 0.4) is 0 Å². The zero-order valence-electron chi connectivity index (χ0n) is 13.0. The van der Waals surface area contributed by atoms with E-state index in [0.29, 0.717) is 24.9 Å². The highest BCUT2D eigenvalue weighted by Gasteiger charge is 2.28. The van der Waals surface area contributed by atoms with Crippen LogP contribution in [0.2, 0.25) is 0 Å². The van der Waals surface area contributed by atoms with Gasteiger partial charge in [0.2, 0.25) is 6.79 Å². The Balaban J connectivity index is 1.36. The second-order valence-electron chi connectivity index (χ2n) is 6.36. The summed E-state index contributed by atoms with van der Waals surface area (Å²) in [5, 5.41) is 7.41. The molecule has 1 saturated carbocycles. The van der Waals surface area contributed by atoms with Gasteiger partial charge in [-0.25, -0.2) is 0 Å². The van der Waals surface area contributed by atoms with E-state index >= 15 is 0 Å². The molecular formula is C17H17N3O4. The SMILES string of the molecule is O=C(NC1CC1)c1cc2n(n1)CC(c1ccc3c(c1)OCO3)OC2. The predicted molar refractivity (Wildman–Crippen MR) is 82.8 cm³/mol. The number of aromatic nitrogens is 2. The van der Waals surface area contributed by atoms with Crippen molar-refractivity contribution in [2.45, 2.75) is 38.1 Å². The molecule has 0 saturated heterocycles. The summed E-state index contributed by atoms with van der Waals surface area (Å²) in [4.78, 5) is 12.1. The summed E-state index contributed by atoms with van der Waals surface area (Å²) in [6.45, 7) is 1.27. The van der Waals surface area contributed by atoms with Crippen LogP contribution in [0.15, 0.2) is 24.3 Å². The molecule has 0 radical (unpaired) electrons. The van der Waals surface area contributed by atoms with Crippen LogP contribution in [-0.4, -0.2) is 28.5 Å². The van der Waals surface area contributed by atoms with Gasteiger partial charge in [0, 0.05) is 6.04 Å². The smallest absolute Gasteiger partial charge is 0.272 e. The van der Waals surface area contributed by atoms with E-state index < -0.39 is 0 Å². The largest absolute Gasteiger partial charge is 0.454 e. The molecular weight excluding hydrogens is 310 g/mol. The lowest BCUT2D eigenvalue weighted by molar-refractivity contribution is -0.00128. The number of carbonyl (C=O) groups is 1. The molecule has 124 valence electrons. The maximum atomic E-state index is 12.1. The van der Waals surface area contributed by atoms with Crippen molar-refractivity contribution in [3.8, 4) is 11.5 Å². The molecule has 1 fully saturated rings. The molecule has 3 heterocycles. The van der Waals surface area contributed by atoms with Crippen molar-refractivity contribution >= 4 is 5.91 Å². The summed E-state index contributed by atoms with van der Waals surface area (Å²) >= 11 is 0. The van der Waals surface area contributed by atoms with E-state index in [1.54, 1.807) is 0 Å². The van der Waals surface area contributed by atoms with Crippen LogP contribution < -0.4 is 14.8 Å². The van der Waals surface area contributed by atoms with Gasteiger partial charge in [0.1, 0.15) is 6.10 Å². The Morgan fingerprint density at radius 1 is 1.21 bits per heavy atom. The highest BCUT2D eigenvalue weighted by Crippen LogP contribution is 2.36. The van der Waals surface area contributed by atoms with Crippen molar-refractivity contribution in [1.82, 2.24) is 15.1 Å². The molecule has 2 aromatic rings. The van der Waals surface area contributed by atoms with Gasteiger partial charge < -0.3 is 19.5 Å². The number of amides is 1. The number of rotatable bonds is 3. The fourth-order valence-corrected chi connectivity index (χ4v) is 3.04. The van der Waals surface area contributed by atoms with Gasteiger partial charge in [0.05, 0.1) is 18.8 Å². The summed E-state index contributed by atoms with van der Waals surface area (Å²) < 4.78 is 18.6. The number of nitrogens with one attached hydrogen (secondary N) is 1. The number of nitrogens with zero attached hydrogens (tertiary/aromatic N) is 2. The average Bonchev–Trinajstić information content (AvgIpc) is 3.13. The van der Waals surface area contributed by atoms with Crippen molar-refractivity contribution in [2.24, 2.45) is 0 Å². The van der Waals surface area contributed by atoms with Crippen molar-refractivity contribution in [3.05, 3.63) is 41.2 Å². The van der Waals surface area contributed by atoms with E-state index in [-0.39, 0.29) is 18.8 Å². The Labute approximate surface area is 138 Å². The third-order valence-electron chi connectivity index (χ3n) is 4.55. The monoisotopic (exact) mass is 327 g/mol. The number of ether oxygens (including phenoxy) is 3. The highest BCUT2D eigenvalue weighted by atomic mass is 16.7. The van der Waals surface area contributed by atoms with Gasteiger partial charge in [-0.05, 0) is 36.6 Å². The van der Waals surface area contributed by atoms with Gasteiger partial charge in [-0.15, -0.1) is 0 Å². The van der Waals surface area contributed by atoms with Crippen LogP contribution in [0, 0.1) is 0 Å². The van der Waals surface area contributed by atoms with Gasteiger partial charge >= 0.3 is 0 Å². The Morgan fingerprint density at radius 3 is 2.96 bits per heavy atom. The summed E-state index contributed by atoms with van der Waals surface area (Å²) in [6, 6.07) is 7.96. The Bertz CT molecular complexity index is 812. The number of hydrogen-bond acceptors (Lipinski definition) is 5.